The Kier molecular flexibility index (Phi) is 2.57. The van der Waals surface area contributed by atoms with E-state index in [1.54, 1.807) is 18.2 Å². The van der Waals surface area contributed by atoms with Crippen molar-refractivity contribution in [2.24, 2.45) is 0 Å². The summed E-state index contributed by atoms with van der Waals surface area (Å²) in [5.74, 6) is 0.441. The van der Waals surface area contributed by atoms with E-state index in [-0.39, 0.29) is 0 Å². The first-order valence-electron chi connectivity index (χ1n) is 3.02. The third-order valence-electron chi connectivity index (χ3n) is 1.29. The Morgan fingerprint density at radius 2 is 2.27 bits per heavy atom. The summed E-state index contributed by atoms with van der Waals surface area (Å²) in [5.41, 5.74) is 2.44. The number of halogens is 1. The van der Waals surface area contributed by atoms with Crippen LogP contribution in [0.15, 0.2) is 18.2 Å². The van der Waals surface area contributed by atoms with Crippen LogP contribution >= 0.6 is 11.6 Å². The molecular weight excluding hydrogens is 166 g/mol. The van der Waals surface area contributed by atoms with Crippen LogP contribution in [0.5, 0.6) is 5.75 Å². The van der Waals surface area contributed by atoms with E-state index in [4.69, 9.17) is 21.5 Å². The Bertz CT molecular complexity index is 252. The first-order chi connectivity index (χ1) is 5.29. The fourth-order valence-corrected chi connectivity index (χ4v) is 1.06. The van der Waals surface area contributed by atoms with Gasteiger partial charge in [-0.3, -0.25) is 10.7 Å². The topological polar surface area (TPSA) is 41.5 Å². The zero-order valence-electron chi connectivity index (χ0n) is 5.97. The summed E-state index contributed by atoms with van der Waals surface area (Å²) in [5, 5.41) is 9.05. The molecular formula is C7H8ClNO2. The molecule has 2 N–H and O–H groups in total. The molecule has 0 saturated heterocycles. The third-order valence-corrected chi connectivity index (χ3v) is 1.59. The van der Waals surface area contributed by atoms with E-state index in [0.717, 1.165) is 0 Å². The summed E-state index contributed by atoms with van der Waals surface area (Å²) in [6, 6.07) is 5.05. The van der Waals surface area contributed by atoms with Gasteiger partial charge in [0.25, 0.3) is 0 Å². The molecule has 60 valence electrons. The molecule has 0 spiro atoms. The third kappa shape index (κ3) is 1.56. The highest BCUT2D eigenvalue weighted by molar-refractivity contribution is 6.32. The highest BCUT2D eigenvalue weighted by atomic mass is 35.5. The van der Waals surface area contributed by atoms with Crippen molar-refractivity contribution < 1.29 is 9.94 Å². The van der Waals surface area contributed by atoms with Gasteiger partial charge >= 0.3 is 0 Å². The second-order valence-electron chi connectivity index (χ2n) is 1.93. The van der Waals surface area contributed by atoms with Gasteiger partial charge in [0.1, 0.15) is 5.69 Å². The summed E-state index contributed by atoms with van der Waals surface area (Å²) in [7, 11) is 1.49. The average molecular weight is 174 g/mol. The molecule has 0 aromatic heterocycles. The number of para-hydroxylation sites is 1. The maximum absolute atomic E-state index is 8.59. The van der Waals surface area contributed by atoms with Crippen LogP contribution in [-0.4, -0.2) is 12.3 Å². The molecule has 4 heteroatoms. The van der Waals surface area contributed by atoms with Gasteiger partial charge in [0.2, 0.25) is 0 Å². The molecule has 0 radical (unpaired) electrons. The zero-order chi connectivity index (χ0) is 8.27. The standard InChI is InChI=1S/C7H8ClNO2/c1-11-7-5(8)3-2-4-6(7)9-10/h2-4,9-10H,1H3. The highest BCUT2D eigenvalue weighted by Crippen LogP contribution is 2.31. The molecule has 0 bridgehead atoms. The molecule has 0 unspecified atom stereocenters. The van der Waals surface area contributed by atoms with Gasteiger partial charge in [-0.05, 0) is 12.1 Å². The van der Waals surface area contributed by atoms with Gasteiger partial charge in [0, 0.05) is 0 Å². The number of benzene rings is 1. The van der Waals surface area contributed by atoms with E-state index in [1.807, 2.05) is 5.48 Å². The number of anilines is 1. The van der Waals surface area contributed by atoms with E-state index < -0.39 is 0 Å². The van der Waals surface area contributed by atoms with Gasteiger partial charge in [-0.2, -0.15) is 0 Å². The molecule has 1 rings (SSSR count). The van der Waals surface area contributed by atoms with Crippen LogP contribution in [-0.2, 0) is 0 Å². The Labute approximate surface area is 69.5 Å². The van der Waals surface area contributed by atoms with Crippen molar-refractivity contribution in [2.45, 2.75) is 0 Å². The molecule has 3 nitrogen and oxygen atoms in total. The molecule has 0 aliphatic rings. The lowest BCUT2D eigenvalue weighted by Crippen LogP contribution is -1.94. The van der Waals surface area contributed by atoms with Crippen LogP contribution < -0.4 is 10.2 Å². The number of hydrogen-bond donors (Lipinski definition) is 2. The van der Waals surface area contributed by atoms with Crippen LogP contribution in [0, 0.1) is 0 Å². The van der Waals surface area contributed by atoms with Crippen molar-refractivity contribution in [3.05, 3.63) is 23.2 Å². The van der Waals surface area contributed by atoms with Crippen LogP contribution in [0.3, 0.4) is 0 Å². The minimum Gasteiger partial charge on any atom is -0.493 e. The van der Waals surface area contributed by atoms with E-state index in [0.29, 0.717) is 16.5 Å². The first kappa shape index (κ1) is 8.17. The van der Waals surface area contributed by atoms with Crippen LogP contribution in [0.25, 0.3) is 0 Å². The van der Waals surface area contributed by atoms with Crippen LogP contribution in [0.4, 0.5) is 5.69 Å². The van der Waals surface area contributed by atoms with Gasteiger partial charge < -0.3 is 4.74 Å². The lowest BCUT2D eigenvalue weighted by Gasteiger charge is -2.07. The summed E-state index contributed by atoms with van der Waals surface area (Å²) in [4.78, 5) is 0. The number of hydrogen-bond acceptors (Lipinski definition) is 3. The highest BCUT2D eigenvalue weighted by Gasteiger charge is 2.04. The van der Waals surface area contributed by atoms with Crippen molar-refractivity contribution in [3.63, 3.8) is 0 Å². The summed E-state index contributed by atoms with van der Waals surface area (Å²) in [6.45, 7) is 0. The maximum atomic E-state index is 8.59. The largest absolute Gasteiger partial charge is 0.493 e. The summed E-state index contributed by atoms with van der Waals surface area (Å²) >= 11 is 5.73. The zero-order valence-corrected chi connectivity index (χ0v) is 6.72. The molecule has 0 atom stereocenters. The minimum absolute atomic E-state index is 0.441. The number of ether oxygens (including phenoxy) is 1. The molecule has 1 aromatic rings. The van der Waals surface area contributed by atoms with Crippen LogP contribution in [0.2, 0.25) is 5.02 Å². The molecule has 0 aliphatic heterocycles. The fraction of sp³-hybridized carbons (Fsp3) is 0.143. The van der Waals surface area contributed by atoms with Crippen molar-refractivity contribution in [1.29, 1.82) is 0 Å². The second kappa shape index (κ2) is 3.46. The van der Waals surface area contributed by atoms with Crippen molar-refractivity contribution in [2.75, 3.05) is 12.6 Å². The average Bonchev–Trinajstić information content (AvgIpc) is 2.04. The van der Waals surface area contributed by atoms with Gasteiger partial charge in [0.05, 0.1) is 12.1 Å². The minimum atomic E-state index is 0.441. The van der Waals surface area contributed by atoms with E-state index in [2.05, 4.69) is 0 Å². The van der Waals surface area contributed by atoms with E-state index >= 15 is 0 Å². The Balaban J connectivity index is 3.13. The van der Waals surface area contributed by atoms with Gasteiger partial charge in [-0.25, -0.2) is 0 Å². The molecule has 0 aliphatic carbocycles. The van der Waals surface area contributed by atoms with Gasteiger partial charge in [-0.1, -0.05) is 17.7 Å². The Morgan fingerprint density at radius 3 is 2.73 bits per heavy atom. The number of nitrogens with one attached hydrogen (secondary N) is 1. The predicted molar refractivity (Wildman–Crippen MR) is 43.4 cm³/mol. The quantitative estimate of drug-likeness (QED) is 0.674. The molecule has 1 aromatic carbocycles. The fourth-order valence-electron chi connectivity index (χ4n) is 0.804. The molecule has 0 fully saturated rings. The maximum Gasteiger partial charge on any atom is 0.162 e. The summed E-state index contributed by atoms with van der Waals surface area (Å²) in [6.07, 6.45) is 0. The van der Waals surface area contributed by atoms with E-state index in [9.17, 15) is 0 Å². The normalized spacial score (nSPS) is 9.36. The van der Waals surface area contributed by atoms with Crippen molar-refractivity contribution in [3.8, 4) is 5.75 Å². The van der Waals surface area contributed by atoms with Crippen molar-refractivity contribution in [1.82, 2.24) is 0 Å². The molecule has 0 heterocycles. The van der Waals surface area contributed by atoms with Gasteiger partial charge in [0.15, 0.2) is 5.75 Å². The lowest BCUT2D eigenvalue weighted by molar-refractivity contribution is 0.373. The number of rotatable bonds is 2. The number of methoxy groups -OCH3 is 1. The second-order valence-corrected chi connectivity index (χ2v) is 2.34. The summed E-state index contributed by atoms with van der Waals surface area (Å²) < 4.78 is 4.91. The van der Waals surface area contributed by atoms with Crippen molar-refractivity contribution >= 4 is 17.3 Å². The lowest BCUT2D eigenvalue weighted by atomic mass is 10.3. The Morgan fingerprint density at radius 1 is 1.55 bits per heavy atom. The Hall–Kier alpha value is -0.930. The molecule has 11 heavy (non-hydrogen) atoms. The first-order valence-corrected chi connectivity index (χ1v) is 3.40. The van der Waals surface area contributed by atoms with Gasteiger partial charge in [-0.15, -0.1) is 0 Å². The SMILES string of the molecule is COc1c(Cl)cccc1NO. The smallest absolute Gasteiger partial charge is 0.162 e. The molecule has 0 saturated carbocycles. The van der Waals surface area contributed by atoms with E-state index in [1.165, 1.54) is 7.11 Å². The molecule has 0 amide bonds. The predicted octanol–water partition coefficient (Wildman–Crippen LogP) is 2.15. The van der Waals surface area contributed by atoms with Crippen LogP contribution in [0.1, 0.15) is 0 Å². The monoisotopic (exact) mass is 173 g/mol.